The summed E-state index contributed by atoms with van der Waals surface area (Å²) in [7, 11) is 8.03. The highest BCUT2D eigenvalue weighted by molar-refractivity contribution is 9.11. The fourth-order valence-corrected chi connectivity index (χ4v) is 5.86. The van der Waals surface area contributed by atoms with Gasteiger partial charge in [-0.15, -0.1) is 0 Å². The summed E-state index contributed by atoms with van der Waals surface area (Å²) in [6, 6.07) is 32.3. The molecule has 0 saturated heterocycles. The Morgan fingerprint density at radius 2 is 0.929 bits per heavy atom. The largest absolute Gasteiger partial charge is 0.377 e. The minimum Gasteiger partial charge on any atom is -0.377 e. The molecule has 0 aromatic heterocycles. The molecule has 0 aliphatic heterocycles. The van der Waals surface area contributed by atoms with Crippen molar-refractivity contribution in [3.8, 4) is 0 Å². The van der Waals surface area contributed by atoms with Crippen LogP contribution in [0.3, 0.4) is 0 Å². The van der Waals surface area contributed by atoms with Gasteiger partial charge in [-0.2, -0.15) is 0 Å². The van der Waals surface area contributed by atoms with Gasteiger partial charge in [0.05, 0.1) is 11.4 Å². The lowest BCUT2D eigenvalue weighted by molar-refractivity contribution is -0.111. The molecule has 0 unspecified atom stereocenters. The molecule has 4 rings (SSSR count). The number of hydrogen-bond acceptors (Lipinski definition) is 3. The molecule has 0 saturated carbocycles. The quantitative estimate of drug-likeness (QED) is 0.123. The van der Waals surface area contributed by atoms with Gasteiger partial charge in [-0.25, -0.2) is 0 Å². The maximum Gasteiger partial charge on any atom is 0.193 e. The van der Waals surface area contributed by atoms with Crippen molar-refractivity contribution in [1.82, 2.24) is 0 Å². The molecule has 0 bridgehead atoms. The highest BCUT2D eigenvalue weighted by Gasteiger charge is 2.14. The monoisotopic (exact) mass is 680 g/mol. The molecule has 0 atom stereocenters. The summed E-state index contributed by atoms with van der Waals surface area (Å²) < 4.78 is 1.93. The molecule has 0 fully saturated rings. The number of anilines is 2. The molecule has 212 valence electrons. The van der Waals surface area contributed by atoms with E-state index in [-0.39, 0.29) is 5.78 Å². The molecule has 0 N–H and O–H groups in total. The Morgan fingerprint density at radius 1 is 0.548 bits per heavy atom. The van der Waals surface area contributed by atoms with Crippen LogP contribution in [0.1, 0.15) is 22.3 Å². The van der Waals surface area contributed by atoms with Crippen LogP contribution < -0.4 is 9.80 Å². The molecule has 4 aromatic rings. The molecule has 4 aromatic carbocycles. The SMILES string of the molecule is CN(C)c1ccc(C=C(C=Cc2ccccc2)C(=O)C(C=Cc2ccccc2)=Cc2ccc(N(C)C)c(Br)c2)cc1Br. The molecular weight excluding hydrogens is 648 g/mol. The second-order valence-electron chi connectivity index (χ2n) is 10.2. The molecule has 42 heavy (non-hydrogen) atoms. The smallest absolute Gasteiger partial charge is 0.193 e. The summed E-state index contributed by atoms with van der Waals surface area (Å²) in [6.45, 7) is 0. The van der Waals surface area contributed by atoms with Crippen LogP contribution in [-0.4, -0.2) is 34.0 Å². The standard InChI is InChI=1S/C37H34Br2N2O/c1-40(2)35-21-17-29(25-33(35)38)23-31(19-15-27-11-7-5-8-12-27)37(42)32(20-16-28-13-9-6-10-14-28)24-30-18-22-36(41(3)4)34(39)26-30/h5-26H,1-4H3. The second-order valence-corrected chi connectivity index (χ2v) is 11.9. The minimum absolute atomic E-state index is 0.0741. The maximum atomic E-state index is 14.3. The van der Waals surface area contributed by atoms with Crippen molar-refractivity contribution < 1.29 is 4.79 Å². The Balaban J connectivity index is 1.82. The number of ketones is 1. The number of Topliss-reactive ketones (excluding diaryl/α,β-unsaturated/α-hetero) is 1. The van der Waals surface area contributed by atoms with E-state index in [1.54, 1.807) is 0 Å². The summed E-state index contributed by atoms with van der Waals surface area (Å²) in [4.78, 5) is 18.4. The predicted octanol–water partition coefficient (Wildman–Crippen LogP) is 9.81. The lowest BCUT2D eigenvalue weighted by Gasteiger charge is -2.15. The van der Waals surface area contributed by atoms with E-state index in [2.05, 4.69) is 44.0 Å². The number of halogens is 2. The Bertz CT molecular complexity index is 1530. The van der Waals surface area contributed by atoms with E-state index in [1.807, 2.05) is 159 Å². The van der Waals surface area contributed by atoms with Crippen LogP contribution in [0.4, 0.5) is 11.4 Å². The van der Waals surface area contributed by atoms with Gasteiger partial charge in [-0.1, -0.05) is 97.1 Å². The van der Waals surface area contributed by atoms with Gasteiger partial charge in [0.15, 0.2) is 5.78 Å². The Hall–Kier alpha value is -3.93. The molecule has 0 spiro atoms. The Kier molecular flexibility index (Phi) is 10.9. The number of benzene rings is 4. The van der Waals surface area contributed by atoms with Gasteiger partial charge in [0.25, 0.3) is 0 Å². The average molecular weight is 683 g/mol. The highest BCUT2D eigenvalue weighted by atomic mass is 79.9. The first-order chi connectivity index (χ1) is 20.2. The third-order valence-corrected chi connectivity index (χ3v) is 7.86. The van der Waals surface area contributed by atoms with Gasteiger partial charge < -0.3 is 9.80 Å². The number of rotatable bonds is 10. The van der Waals surface area contributed by atoms with Crippen LogP contribution in [-0.2, 0) is 4.79 Å². The third kappa shape index (κ3) is 8.54. The molecule has 3 nitrogen and oxygen atoms in total. The number of carbonyl (C=O) groups excluding carboxylic acids is 1. The van der Waals surface area contributed by atoms with Gasteiger partial charge in [0, 0.05) is 48.3 Å². The number of allylic oxidation sites excluding steroid dienone is 4. The van der Waals surface area contributed by atoms with Gasteiger partial charge in [-0.05, 0) is 90.5 Å². The van der Waals surface area contributed by atoms with E-state index in [0.29, 0.717) is 11.1 Å². The molecule has 0 amide bonds. The van der Waals surface area contributed by atoms with E-state index in [0.717, 1.165) is 42.6 Å². The van der Waals surface area contributed by atoms with E-state index in [1.165, 1.54) is 0 Å². The van der Waals surface area contributed by atoms with E-state index < -0.39 is 0 Å². The fourth-order valence-electron chi connectivity index (χ4n) is 4.36. The van der Waals surface area contributed by atoms with Crippen molar-refractivity contribution in [3.05, 3.63) is 152 Å². The molecule has 5 heteroatoms. The van der Waals surface area contributed by atoms with Crippen LogP contribution in [0.2, 0.25) is 0 Å². The van der Waals surface area contributed by atoms with Crippen molar-refractivity contribution in [2.24, 2.45) is 0 Å². The van der Waals surface area contributed by atoms with Crippen molar-refractivity contribution in [2.45, 2.75) is 0 Å². The summed E-state index contributed by atoms with van der Waals surface area (Å²) in [5, 5.41) is 0. The summed E-state index contributed by atoms with van der Waals surface area (Å²) in [5.74, 6) is -0.0741. The summed E-state index contributed by atoms with van der Waals surface area (Å²) in [6.07, 6.45) is 11.7. The molecule has 0 aliphatic carbocycles. The fraction of sp³-hybridized carbons (Fsp3) is 0.108. The van der Waals surface area contributed by atoms with Crippen LogP contribution in [0.15, 0.2) is 129 Å². The molecule has 0 aliphatic rings. The number of hydrogen-bond donors (Lipinski definition) is 0. The average Bonchev–Trinajstić information content (AvgIpc) is 2.97. The molecule has 0 heterocycles. The van der Waals surface area contributed by atoms with Crippen molar-refractivity contribution in [1.29, 1.82) is 0 Å². The van der Waals surface area contributed by atoms with E-state index in [4.69, 9.17) is 0 Å². The zero-order valence-electron chi connectivity index (χ0n) is 24.3. The second kappa shape index (κ2) is 14.8. The maximum absolute atomic E-state index is 14.3. The van der Waals surface area contributed by atoms with E-state index in [9.17, 15) is 4.79 Å². The first kappa shape index (κ1) is 31.0. The Labute approximate surface area is 266 Å². The third-order valence-electron chi connectivity index (χ3n) is 6.59. The highest BCUT2D eigenvalue weighted by Crippen LogP contribution is 2.29. The van der Waals surface area contributed by atoms with Crippen LogP contribution >= 0.6 is 31.9 Å². The van der Waals surface area contributed by atoms with Crippen molar-refractivity contribution in [2.75, 3.05) is 38.0 Å². The molecular formula is C37H34Br2N2O. The molecule has 0 radical (unpaired) electrons. The van der Waals surface area contributed by atoms with Crippen molar-refractivity contribution >= 4 is 73.3 Å². The van der Waals surface area contributed by atoms with Gasteiger partial charge >= 0.3 is 0 Å². The number of nitrogens with zero attached hydrogens (tertiary/aromatic N) is 2. The van der Waals surface area contributed by atoms with Crippen molar-refractivity contribution in [3.63, 3.8) is 0 Å². The number of carbonyl (C=O) groups is 1. The summed E-state index contributed by atoms with van der Waals surface area (Å²) in [5.41, 5.74) is 7.20. The minimum atomic E-state index is -0.0741. The van der Waals surface area contributed by atoms with Crippen LogP contribution in [0.25, 0.3) is 24.3 Å². The van der Waals surface area contributed by atoms with E-state index >= 15 is 0 Å². The van der Waals surface area contributed by atoms with Crippen LogP contribution in [0, 0.1) is 0 Å². The Morgan fingerprint density at radius 3 is 1.26 bits per heavy atom. The predicted molar refractivity (Wildman–Crippen MR) is 189 cm³/mol. The first-order valence-corrected chi connectivity index (χ1v) is 15.2. The zero-order chi connectivity index (χ0) is 30.1. The first-order valence-electron chi connectivity index (χ1n) is 13.6. The lowest BCUT2D eigenvalue weighted by atomic mass is 9.96. The van der Waals surface area contributed by atoms with Gasteiger partial charge in [0.2, 0.25) is 0 Å². The van der Waals surface area contributed by atoms with Gasteiger partial charge in [-0.3, -0.25) is 4.79 Å². The zero-order valence-corrected chi connectivity index (χ0v) is 27.4. The summed E-state index contributed by atoms with van der Waals surface area (Å²) >= 11 is 7.39. The topological polar surface area (TPSA) is 23.6 Å². The normalized spacial score (nSPS) is 12.2. The van der Waals surface area contributed by atoms with Gasteiger partial charge in [0.1, 0.15) is 0 Å². The lowest BCUT2D eigenvalue weighted by Crippen LogP contribution is -2.09. The van der Waals surface area contributed by atoms with Crippen LogP contribution in [0.5, 0.6) is 0 Å².